The number of ether oxygens (including phenoxy) is 1. The van der Waals surface area contributed by atoms with E-state index in [9.17, 15) is 0 Å². The molecule has 1 aromatic carbocycles. The molecule has 2 heteroatoms. The monoisotopic (exact) mass is 277 g/mol. The molecule has 1 aromatic rings. The zero-order valence-corrected chi connectivity index (χ0v) is 13.9. The van der Waals surface area contributed by atoms with Crippen molar-refractivity contribution in [3.8, 4) is 5.75 Å². The van der Waals surface area contributed by atoms with Crippen LogP contribution in [0.2, 0.25) is 0 Å². The van der Waals surface area contributed by atoms with Crippen molar-refractivity contribution in [2.24, 2.45) is 17.8 Å². The molecule has 0 aliphatic rings. The van der Waals surface area contributed by atoms with E-state index in [0.29, 0.717) is 0 Å². The van der Waals surface area contributed by atoms with E-state index in [4.69, 9.17) is 4.74 Å². The fourth-order valence-corrected chi connectivity index (χ4v) is 2.63. The molecule has 1 N–H and O–H groups in total. The third kappa shape index (κ3) is 5.96. The summed E-state index contributed by atoms with van der Waals surface area (Å²) in [5.41, 5.74) is 1.29. The smallest absolute Gasteiger partial charge is 0.120 e. The van der Waals surface area contributed by atoms with Gasteiger partial charge in [-0.15, -0.1) is 0 Å². The van der Waals surface area contributed by atoms with E-state index in [-0.39, 0.29) is 6.10 Å². The normalized spacial score (nSPS) is 11.9. The minimum Gasteiger partial charge on any atom is -0.491 e. The van der Waals surface area contributed by atoms with Gasteiger partial charge in [-0.25, -0.2) is 0 Å². The predicted molar refractivity (Wildman–Crippen MR) is 87.1 cm³/mol. The predicted octanol–water partition coefficient (Wildman–Crippen LogP) is 4.49. The average molecular weight is 277 g/mol. The molecule has 0 heterocycles. The third-order valence-corrected chi connectivity index (χ3v) is 3.69. The number of hydrogen-bond donors (Lipinski definition) is 1. The Hall–Kier alpha value is -1.02. The molecule has 0 radical (unpaired) electrons. The van der Waals surface area contributed by atoms with E-state index in [1.807, 2.05) is 6.07 Å². The largest absolute Gasteiger partial charge is 0.491 e. The molecule has 0 saturated heterocycles. The number of nitrogens with one attached hydrogen (secondary N) is 1. The van der Waals surface area contributed by atoms with E-state index in [2.05, 4.69) is 65.1 Å². The molecule has 0 amide bonds. The molecule has 0 aromatic heterocycles. The highest BCUT2D eigenvalue weighted by molar-refractivity contribution is 5.28. The zero-order chi connectivity index (χ0) is 15.1. The van der Waals surface area contributed by atoms with Gasteiger partial charge in [0.25, 0.3) is 0 Å². The maximum absolute atomic E-state index is 5.73. The summed E-state index contributed by atoms with van der Waals surface area (Å²) in [6, 6.07) is 8.37. The summed E-state index contributed by atoms with van der Waals surface area (Å²) < 4.78 is 5.73. The Morgan fingerprint density at radius 3 is 2.20 bits per heavy atom. The minimum atomic E-state index is 0.226. The molecule has 0 bridgehead atoms. The minimum absolute atomic E-state index is 0.226. The summed E-state index contributed by atoms with van der Waals surface area (Å²) in [6.45, 7) is 15.3. The summed E-state index contributed by atoms with van der Waals surface area (Å²) >= 11 is 0. The molecule has 1 rings (SSSR count). The van der Waals surface area contributed by atoms with Crippen LogP contribution in [0.1, 0.15) is 47.1 Å². The van der Waals surface area contributed by atoms with Crippen LogP contribution in [0.4, 0.5) is 0 Å². The lowest BCUT2D eigenvalue weighted by atomic mass is 9.85. The van der Waals surface area contributed by atoms with Gasteiger partial charge >= 0.3 is 0 Å². The molecule has 0 spiro atoms. The summed E-state index contributed by atoms with van der Waals surface area (Å²) in [5.74, 6) is 3.13. The molecule has 0 atom stereocenters. The van der Waals surface area contributed by atoms with E-state index < -0.39 is 0 Å². The van der Waals surface area contributed by atoms with E-state index >= 15 is 0 Å². The van der Waals surface area contributed by atoms with Crippen molar-refractivity contribution < 1.29 is 4.74 Å². The zero-order valence-electron chi connectivity index (χ0n) is 13.9. The van der Waals surface area contributed by atoms with Crippen molar-refractivity contribution in [2.75, 3.05) is 6.54 Å². The fraction of sp³-hybridized carbons (Fsp3) is 0.667. The molecule has 2 nitrogen and oxygen atoms in total. The molecule has 0 saturated carbocycles. The quantitative estimate of drug-likeness (QED) is 0.756. The van der Waals surface area contributed by atoms with Crippen LogP contribution in [-0.4, -0.2) is 12.6 Å². The van der Waals surface area contributed by atoms with Crippen molar-refractivity contribution >= 4 is 0 Å². The second-order valence-electron chi connectivity index (χ2n) is 6.60. The van der Waals surface area contributed by atoms with Crippen LogP contribution in [0.25, 0.3) is 0 Å². The van der Waals surface area contributed by atoms with Crippen molar-refractivity contribution in [1.29, 1.82) is 0 Å². The highest BCUT2D eigenvalue weighted by atomic mass is 16.5. The second kappa shape index (κ2) is 8.31. The van der Waals surface area contributed by atoms with E-state index in [1.54, 1.807) is 0 Å². The third-order valence-electron chi connectivity index (χ3n) is 3.69. The number of benzene rings is 1. The van der Waals surface area contributed by atoms with Crippen LogP contribution >= 0.6 is 0 Å². The van der Waals surface area contributed by atoms with Gasteiger partial charge in [0.15, 0.2) is 0 Å². The number of rotatable bonds is 8. The topological polar surface area (TPSA) is 21.3 Å². The van der Waals surface area contributed by atoms with Gasteiger partial charge < -0.3 is 10.1 Å². The lowest BCUT2D eigenvalue weighted by Gasteiger charge is -2.25. The van der Waals surface area contributed by atoms with Crippen LogP contribution in [0.3, 0.4) is 0 Å². The van der Waals surface area contributed by atoms with Gasteiger partial charge in [-0.3, -0.25) is 0 Å². The fourth-order valence-electron chi connectivity index (χ4n) is 2.63. The highest BCUT2D eigenvalue weighted by Crippen LogP contribution is 2.20. The van der Waals surface area contributed by atoms with Gasteiger partial charge in [-0.2, -0.15) is 0 Å². The lowest BCUT2D eigenvalue weighted by molar-refractivity contribution is 0.242. The van der Waals surface area contributed by atoms with Crippen LogP contribution in [0, 0.1) is 17.8 Å². The van der Waals surface area contributed by atoms with E-state index in [1.165, 1.54) is 5.56 Å². The Kier molecular flexibility index (Phi) is 7.08. The Bertz CT molecular complexity index is 377. The van der Waals surface area contributed by atoms with Crippen LogP contribution in [0.15, 0.2) is 24.3 Å². The van der Waals surface area contributed by atoms with Crippen LogP contribution < -0.4 is 10.1 Å². The first-order valence-corrected chi connectivity index (χ1v) is 7.86. The number of hydrogen-bond acceptors (Lipinski definition) is 2. The van der Waals surface area contributed by atoms with Crippen molar-refractivity contribution in [1.82, 2.24) is 5.32 Å². The summed E-state index contributed by atoms with van der Waals surface area (Å²) in [7, 11) is 0. The Labute approximate surface area is 124 Å². The second-order valence-corrected chi connectivity index (χ2v) is 6.60. The molecular weight excluding hydrogens is 246 g/mol. The van der Waals surface area contributed by atoms with Gasteiger partial charge in [0.05, 0.1) is 6.10 Å². The Morgan fingerprint density at radius 1 is 1.00 bits per heavy atom. The van der Waals surface area contributed by atoms with Gasteiger partial charge in [-0.1, -0.05) is 39.8 Å². The first-order valence-electron chi connectivity index (χ1n) is 7.86. The SMILES string of the molecule is CC(C)Oc1cccc(CNCC(C(C)C)C(C)C)c1. The Balaban J connectivity index is 2.49. The summed E-state index contributed by atoms with van der Waals surface area (Å²) in [4.78, 5) is 0. The molecular formula is C18H31NO. The molecule has 0 aliphatic heterocycles. The van der Waals surface area contributed by atoms with Crippen molar-refractivity contribution in [2.45, 2.75) is 54.2 Å². The summed E-state index contributed by atoms with van der Waals surface area (Å²) in [6.07, 6.45) is 0.226. The van der Waals surface area contributed by atoms with Crippen molar-refractivity contribution in [3.63, 3.8) is 0 Å². The molecule has 114 valence electrons. The summed E-state index contributed by atoms with van der Waals surface area (Å²) in [5, 5.41) is 3.59. The molecule has 0 aliphatic carbocycles. The molecule has 0 fully saturated rings. The van der Waals surface area contributed by atoms with Gasteiger partial charge in [0.2, 0.25) is 0 Å². The lowest BCUT2D eigenvalue weighted by Crippen LogP contribution is -2.29. The standard InChI is InChI=1S/C18H31NO/c1-13(2)18(14(3)4)12-19-11-16-8-7-9-17(10-16)20-15(5)6/h7-10,13-15,18-19H,11-12H2,1-6H3. The maximum Gasteiger partial charge on any atom is 0.120 e. The Morgan fingerprint density at radius 2 is 1.65 bits per heavy atom. The highest BCUT2D eigenvalue weighted by Gasteiger charge is 2.16. The van der Waals surface area contributed by atoms with Crippen LogP contribution in [-0.2, 0) is 6.54 Å². The van der Waals surface area contributed by atoms with E-state index in [0.717, 1.165) is 36.6 Å². The van der Waals surface area contributed by atoms with Crippen LogP contribution in [0.5, 0.6) is 5.75 Å². The van der Waals surface area contributed by atoms with Gasteiger partial charge in [0.1, 0.15) is 5.75 Å². The maximum atomic E-state index is 5.73. The first-order chi connectivity index (χ1) is 9.40. The molecule has 20 heavy (non-hydrogen) atoms. The van der Waals surface area contributed by atoms with Gasteiger partial charge in [0, 0.05) is 6.54 Å². The average Bonchev–Trinajstić information content (AvgIpc) is 2.33. The van der Waals surface area contributed by atoms with Crippen molar-refractivity contribution in [3.05, 3.63) is 29.8 Å². The van der Waals surface area contributed by atoms with Gasteiger partial charge in [-0.05, 0) is 55.8 Å². The molecule has 0 unspecified atom stereocenters. The first kappa shape index (κ1) is 17.0.